The van der Waals surface area contributed by atoms with Gasteiger partial charge in [0, 0.05) is 0 Å². The Balaban J connectivity index is 2.43. The van der Waals surface area contributed by atoms with E-state index in [4.69, 9.17) is 0 Å². The number of carboxylic acid groups (broad SMARTS) is 1. The summed E-state index contributed by atoms with van der Waals surface area (Å²) in [5.74, 6) is 0.286. The summed E-state index contributed by atoms with van der Waals surface area (Å²) >= 11 is 0. The molecule has 2 rings (SSSR count). The van der Waals surface area contributed by atoms with Gasteiger partial charge in [0.2, 0.25) is 0 Å². The molecule has 0 aliphatic carbocycles. The van der Waals surface area contributed by atoms with Crippen molar-refractivity contribution in [2.24, 2.45) is 0 Å². The first-order valence-electron chi connectivity index (χ1n) is 5.05. The first kappa shape index (κ1) is 11.1. The molecule has 0 saturated carbocycles. The van der Waals surface area contributed by atoms with Gasteiger partial charge in [-0.2, -0.15) is 0 Å². The highest BCUT2D eigenvalue weighted by Gasteiger charge is 2.17. The molecule has 5 heteroatoms. The van der Waals surface area contributed by atoms with Gasteiger partial charge in [0.25, 0.3) is 0 Å². The number of rotatable bonds is 2. The average molecular weight is 229 g/mol. The molecule has 0 aliphatic heterocycles. The monoisotopic (exact) mass is 229 g/mol. The van der Waals surface area contributed by atoms with Gasteiger partial charge in [0.1, 0.15) is 0 Å². The Morgan fingerprint density at radius 2 is 1.88 bits per heavy atom. The summed E-state index contributed by atoms with van der Waals surface area (Å²) in [6, 6.07) is 8.77. The van der Waals surface area contributed by atoms with Crippen LogP contribution in [-0.4, -0.2) is 21.2 Å². The van der Waals surface area contributed by atoms with Gasteiger partial charge >= 0.3 is 6.09 Å². The van der Waals surface area contributed by atoms with Gasteiger partial charge < -0.3 is 5.11 Å². The Labute approximate surface area is 98.4 Å². The van der Waals surface area contributed by atoms with E-state index in [2.05, 4.69) is 9.97 Å². The lowest BCUT2D eigenvalue weighted by Gasteiger charge is -2.17. The lowest BCUT2D eigenvalue weighted by Crippen LogP contribution is -2.24. The van der Waals surface area contributed by atoms with Crippen LogP contribution in [0.2, 0.25) is 0 Å². The second-order valence-corrected chi connectivity index (χ2v) is 3.47. The van der Waals surface area contributed by atoms with Crippen molar-refractivity contribution in [3.05, 3.63) is 48.4 Å². The van der Waals surface area contributed by atoms with Gasteiger partial charge in [0.15, 0.2) is 5.82 Å². The number of carbonyl (C=O) groups is 1. The first-order chi connectivity index (χ1) is 8.18. The number of amides is 1. The number of aryl methyl sites for hydroxylation is 1. The van der Waals surface area contributed by atoms with Crippen LogP contribution >= 0.6 is 0 Å². The van der Waals surface area contributed by atoms with Crippen LogP contribution in [0.4, 0.5) is 16.3 Å². The molecular weight excluding hydrogens is 218 g/mol. The van der Waals surface area contributed by atoms with Crippen molar-refractivity contribution in [1.29, 1.82) is 0 Å². The van der Waals surface area contributed by atoms with Gasteiger partial charge in [-0.1, -0.05) is 18.2 Å². The number of anilines is 2. The van der Waals surface area contributed by atoms with E-state index in [0.29, 0.717) is 5.69 Å². The number of nitrogens with zero attached hydrogens (tertiary/aromatic N) is 3. The average Bonchev–Trinajstić information content (AvgIpc) is 2.33. The molecule has 1 aromatic heterocycles. The highest BCUT2D eigenvalue weighted by atomic mass is 16.4. The van der Waals surface area contributed by atoms with E-state index in [1.807, 2.05) is 6.07 Å². The number of hydrogen-bond acceptors (Lipinski definition) is 3. The maximum atomic E-state index is 11.2. The van der Waals surface area contributed by atoms with E-state index in [1.54, 1.807) is 31.2 Å². The lowest BCUT2D eigenvalue weighted by atomic mass is 10.3. The van der Waals surface area contributed by atoms with Crippen molar-refractivity contribution >= 4 is 17.6 Å². The highest BCUT2D eigenvalue weighted by molar-refractivity contribution is 5.93. The van der Waals surface area contributed by atoms with E-state index >= 15 is 0 Å². The summed E-state index contributed by atoms with van der Waals surface area (Å²) in [5.41, 5.74) is 1.28. The van der Waals surface area contributed by atoms with Crippen LogP contribution in [0.3, 0.4) is 0 Å². The molecule has 0 atom stereocenters. The third-order valence-corrected chi connectivity index (χ3v) is 2.20. The van der Waals surface area contributed by atoms with E-state index in [9.17, 15) is 9.90 Å². The van der Waals surface area contributed by atoms with E-state index in [-0.39, 0.29) is 5.82 Å². The summed E-state index contributed by atoms with van der Waals surface area (Å²) in [5, 5.41) is 9.21. The third kappa shape index (κ3) is 2.39. The Morgan fingerprint density at radius 3 is 2.41 bits per heavy atom. The minimum Gasteiger partial charge on any atom is -0.464 e. The Bertz CT molecular complexity index is 511. The number of para-hydroxylation sites is 1. The molecule has 1 N–H and O–H groups in total. The van der Waals surface area contributed by atoms with Crippen molar-refractivity contribution in [2.75, 3.05) is 4.90 Å². The quantitative estimate of drug-likeness (QED) is 0.859. The van der Waals surface area contributed by atoms with Gasteiger partial charge in [-0.15, -0.1) is 0 Å². The number of aromatic nitrogens is 2. The second kappa shape index (κ2) is 4.61. The minimum absolute atomic E-state index is 0.286. The molecule has 17 heavy (non-hydrogen) atoms. The summed E-state index contributed by atoms with van der Waals surface area (Å²) in [6.07, 6.45) is 1.89. The van der Waals surface area contributed by atoms with Gasteiger partial charge in [-0.05, 0) is 19.1 Å². The topological polar surface area (TPSA) is 66.3 Å². The maximum absolute atomic E-state index is 11.2. The van der Waals surface area contributed by atoms with E-state index in [1.165, 1.54) is 12.4 Å². The number of benzene rings is 1. The number of hydrogen-bond donors (Lipinski definition) is 1. The smallest absolute Gasteiger partial charge is 0.417 e. The molecule has 0 unspecified atom stereocenters. The molecule has 0 saturated heterocycles. The predicted molar refractivity (Wildman–Crippen MR) is 63.4 cm³/mol. The fraction of sp³-hybridized carbons (Fsp3) is 0.0833. The van der Waals surface area contributed by atoms with Gasteiger partial charge in [-0.3, -0.25) is 4.98 Å². The normalized spacial score (nSPS) is 9.94. The zero-order valence-electron chi connectivity index (χ0n) is 9.24. The second-order valence-electron chi connectivity index (χ2n) is 3.47. The molecule has 1 aromatic carbocycles. The van der Waals surface area contributed by atoms with Gasteiger partial charge in [0.05, 0.1) is 23.8 Å². The molecule has 0 spiro atoms. The fourth-order valence-electron chi connectivity index (χ4n) is 1.42. The maximum Gasteiger partial charge on any atom is 0.417 e. The zero-order chi connectivity index (χ0) is 12.3. The summed E-state index contributed by atoms with van der Waals surface area (Å²) in [4.78, 5) is 20.4. The van der Waals surface area contributed by atoms with Crippen molar-refractivity contribution in [3.63, 3.8) is 0 Å². The highest BCUT2D eigenvalue weighted by Crippen LogP contribution is 2.22. The van der Waals surface area contributed by atoms with Crippen LogP contribution in [0.5, 0.6) is 0 Å². The molecule has 2 aromatic rings. The van der Waals surface area contributed by atoms with Crippen molar-refractivity contribution < 1.29 is 9.90 Å². The summed E-state index contributed by atoms with van der Waals surface area (Å²) in [7, 11) is 0. The molecule has 0 aliphatic rings. The largest absolute Gasteiger partial charge is 0.464 e. The van der Waals surface area contributed by atoms with Crippen LogP contribution in [0.25, 0.3) is 0 Å². The summed E-state index contributed by atoms with van der Waals surface area (Å²) in [6.45, 7) is 1.80. The molecule has 5 nitrogen and oxygen atoms in total. The predicted octanol–water partition coefficient (Wildman–Crippen LogP) is 2.60. The molecule has 0 bridgehead atoms. The minimum atomic E-state index is -1.09. The summed E-state index contributed by atoms with van der Waals surface area (Å²) < 4.78 is 0. The van der Waals surface area contributed by atoms with E-state index < -0.39 is 6.09 Å². The van der Waals surface area contributed by atoms with Crippen molar-refractivity contribution in [2.45, 2.75) is 6.92 Å². The van der Waals surface area contributed by atoms with Crippen LogP contribution in [0, 0.1) is 6.92 Å². The third-order valence-electron chi connectivity index (χ3n) is 2.20. The molecule has 1 heterocycles. The Kier molecular flexibility index (Phi) is 3.00. The zero-order valence-corrected chi connectivity index (χ0v) is 9.24. The standard InChI is InChI=1S/C12H11N3O2/c1-9-7-14-11(8-13-9)15(12(16)17)10-5-3-2-4-6-10/h2-8H,1H3,(H,16,17). The molecule has 0 fully saturated rings. The van der Waals surface area contributed by atoms with Crippen LogP contribution in [0.1, 0.15) is 5.69 Å². The van der Waals surface area contributed by atoms with Crippen molar-refractivity contribution in [1.82, 2.24) is 9.97 Å². The first-order valence-corrected chi connectivity index (χ1v) is 5.05. The SMILES string of the molecule is Cc1cnc(N(C(=O)O)c2ccccc2)cn1. The molecular formula is C12H11N3O2. The lowest BCUT2D eigenvalue weighted by molar-refractivity contribution is 0.204. The van der Waals surface area contributed by atoms with Gasteiger partial charge in [-0.25, -0.2) is 14.7 Å². The Hall–Kier alpha value is -2.43. The van der Waals surface area contributed by atoms with Crippen LogP contribution < -0.4 is 4.90 Å². The molecule has 86 valence electrons. The van der Waals surface area contributed by atoms with Crippen LogP contribution in [0.15, 0.2) is 42.7 Å². The molecule has 0 radical (unpaired) electrons. The van der Waals surface area contributed by atoms with Crippen LogP contribution in [-0.2, 0) is 0 Å². The van der Waals surface area contributed by atoms with E-state index in [0.717, 1.165) is 10.6 Å². The fourth-order valence-corrected chi connectivity index (χ4v) is 1.42. The molecule has 1 amide bonds. The van der Waals surface area contributed by atoms with Crippen molar-refractivity contribution in [3.8, 4) is 0 Å². The Morgan fingerprint density at radius 1 is 1.18 bits per heavy atom.